The predicted molar refractivity (Wildman–Crippen MR) is 85.9 cm³/mol. The number of ketones is 1. The molecular weight excluding hydrogens is 260 g/mol. The molecule has 0 fully saturated rings. The number of rotatable bonds is 3. The highest BCUT2D eigenvalue weighted by Crippen LogP contribution is 2.23. The van der Waals surface area contributed by atoms with E-state index in [1.807, 2.05) is 20.9 Å². The lowest BCUT2D eigenvalue weighted by atomic mass is 9.86. The molecule has 0 aliphatic heterocycles. The van der Waals surface area contributed by atoms with Crippen molar-refractivity contribution in [2.75, 3.05) is 0 Å². The molecule has 112 valence electrons. The molecule has 0 aliphatic carbocycles. The first-order valence-corrected chi connectivity index (χ1v) is 7.33. The van der Waals surface area contributed by atoms with Crippen molar-refractivity contribution in [3.8, 4) is 0 Å². The molecule has 0 N–H and O–H groups in total. The molecule has 0 amide bonds. The zero-order chi connectivity index (χ0) is 15.8. The summed E-state index contributed by atoms with van der Waals surface area (Å²) in [6.45, 7) is 10.4. The van der Waals surface area contributed by atoms with Crippen LogP contribution in [-0.2, 0) is 18.9 Å². The molecule has 3 nitrogen and oxygen atoms in total. The van der Waals surface area contributed by atoms with Gasteiger partial charge in [0.1, 0.15) is 0 Å². The van der Waals surface area contributed by atoms with Crippen molar-refractivity contribution < 1.29 is 4.79 Å². The maximum atomic E-state index is 12.5. The first kappa shape index (κ1) is 15.5. The molecule has 1 aromatic carbocycles. The Kier molecular flexibility index (Phi) is 4.04. The van der Waals surface area contributed by atoms with Crippen LogP contribution in [0.15, 0.2) is 24.3 Å². The van der Waals surface area contributed by atoms with Gasteiger partial charge in [-0.2, -0.15) is 5.10 Å². The summed E-state index contributed by atoms with van der Waals surface area (Å²) in [5.74, 6) is 0.140. The van der Waals surface area contributed by atoms with Crippen molar-refractivity contribution in [2.45, 2.75) is 46.5 Å². The molecule has 0 radical (unpaired) electrons. The molecule has 21 heavy (non-hydrogen) atoms. The van der Waals surface area contributed by atoms with E-state index in [9.17, 15) is 4.79 Å². The maximum absolute atomic E-state index is 12.5. The van der Waals surface area contributed by atoms with Crippen molar-refractivity contribution in [2.24, 2.45) is 7.05 Å². The van der Waals surface area contributed by atoms with E-state index in [2.05, 4.69) is 50.1 Å². The summed E-state index contributed by atoms with van der Waals surface area (Å²) in [4.78, 5) is 12.5. The Labute approximate surface area is 127 Å². The minimum atomic E-state index is 0.138. The molecule has 2 rings (SSSR count). The van der Waals surface area contributed by atoms with Crippen molar-refractivity contribution in [3.05, 3.63) is 52.3 Å². The Balaban J connectivity index is 2.20. The van der Waals surface area contributed by atoms with Crippen LogP contribution in [0.2, 0.25) is 0 Å². The van der Waals surface area contributed by atoms with Crippen LogP contribution in [0.4, 0.5) is 0 Å². The number of nitrogens with zero attached hydrogens (tertiary/aromatic N) is 2. The van der Waals surface area contributed by atoms with Gasteiger partial charge in [0, 0.05) is 19.2 Å². The van der Waals surface area contributed by atoms with Gasteiger partial charge in [-0.1, -0.05) is 45.0 Å². The van der Waals surface area contributed by atoms with Gasteiger partial charge in [0.25, 0.3) is 0 Å². The monoisotopic (exact) mass is 284 g/mol. The fourth-order valence-corrected chi connectivity index (χ4v) is 2.57. The molecule has 3 heteroatoms. The second kappa shape index (κ2) is 5.47. The first-order valence-electron chi connectivity index (χ1n) is 7.33. The van der Waals surface area contributed by atoms with E-state index < -0.39 is 0 Å². The number of carbonyl (C=O) groups is 1. The smallest absolute Gasteiger partial charge is 0.170 e. The van der Waals surface area contributed by atoms with Gasteiger partial charge in [0.2, 0.25) is 0 Å². The van der Waals surface area contributed by atoms with Crippen LogP contribution < -0.4 is 0 Å². The molecule has 0 saturated heterocycles. The summed E-state index contributed by atoms with van der Waals surface area (Å²) >= 11 is 0. The van der Waals surface area contributed by atoms with Gasteiger partial charge >= 0.3 is 0 Å². The lowest BCUT2D eigenvalue weighted by molar-refractivity contribution is 0.0991. The zero-order valence-corrected chi connectivity index (χ0v) is 13.8. The number of aromatic nitrogens is 2. The maximum Gasteiger partial charge on any atom is 0.170 e. The number of aryl methyl sites for hydroxylation is 2. The summed E-state index contributed by atoms with van der Waals surface area (Å²) < 4.78 is 1.77. The van der Waals surface area contributed by atoms with Crippen LogP contribution in [0.3, 0.4) is 0 Å². The van der Waals surface area contributed by atoms with Crippen molar-refractivity contribution in [3.63, 3.8) is 0 Å². The van der Waals surface area contributed by atoms with Crippen LogP contribution >= 0.6 is 0 Å². The fourth-order valence-electron chi connectivity index (χ4n) is 2.57. The topological polar surface area (TPSA) is 34.9 Å². The van der Waals surface area contributed by atoms with Gasteiger partial charge in [-0.25, -0.2) is 0 Å². The second-order valence-electron chi connectivity index (χ2n) is 6.72. The van der Waals surface area contributed by atoms with Gasteiger partial charge in [0.05, 0.1) is 11.3 Å². The normalized spacial score (nSPS) is 11.7. The molecule has 0 atom stereocenters. The van der Waals surface area contributed by atoms with Gasteiger partial charge in [0.15, 0.2) is 5.78 Å². The van der Waals surface area contributed by atoms with Crippen molar-refractivity contribution in [1.82, 2.24) is 9.78 Å². The van der Waals surface area contributed by atoms with Crippen molar-refractivity contribution >= 4 is 5.78 Å². The number of carbonyl (C=O) groups excluding carboxylic acids is 1. The quantitative estimate of drug-likeness (QED) is 0.804. The summed E-state index contributed by atoms with van der Waals surface area (Å²) in [7, 11) is 1.87. The number of Topliss-reactive ketones (excluding diaryl/α,β-unsaturated/α-hetero) is 1. The lowest BCUT2D eigenvalue weighted by Crippen LogP contribution is -2.11. The van der Waals surface area contributed by atoms with Crippen LogP contribution in [0, 0.1) is 13.8 Å². The van der Waals surface area contributed by atoms with E-state index in [1.54, 1.807) is 4.68 Å². The molecule has 2 aromatic rings. The Hall–Kier alpha value is -1.90. The average Bonchev–Trinajstić information content (AvgIpc) is 2.62. The minimum absolute atomic E-state index is 0.138. The standard InChI is InChI=1S/C18H24N2O/c1-12-17(13(2)20(6)19-12)16(21)11-14-7-9-15(10-8-14)18(3,4)5/h7-10H,11H2,1-6H3. The van der Waals surface area contributed by atoms with Gasteiger partial charge in [-0.05, 0) is 30.4 Å². The minimum Gasteiger partial charge on any atom is -0.294 e. The largest absolute Gasteiger partial charge is 0.294 e. The summed E-state index contributed by atoms with van der Waals surface area (Å²) in [6, 6.07) is 8.34. The first-order chi connectivity index (χ1) is 9.70. The van der Waals surface area contributed by atoms with E-state index in [4.69, 9.17) is 0 Å². The van der Waals surface area contributed by atoms with Crippen LogP contribution in [-0.4, -0.2) is 15.6 Å². The second-order valence-corrected chi connectivity index (χ2v) is 6.72. The zero-order valence-electron chi connectivity index (χ0n) is 13.8. The van der Waals surface area contributed by atoms with E-state index in [-0.39, 0.29) is 11.2 Å². The summed E-state index contributed by atoms with van der Waals surface area (Å²) in [5.41, 5.74) is 4.98. The third kappa shape index (κ3) is 3.23. The molecule has 1 heterocycles. The number of hydrogen-bond donors (Lipinski definition) is 0. The van der Waals surface area contributed by atoms with Gasteiger partial charge < -0.3 is 0 Å². The molecule has 1 aromatic heterocycles. The predicted octanol–water partition coefficient (Wildman–Crippen LogP) is 3.76. The third-order valence-electron chi connectivity index (χ3n) is 3.97. The lowest BCUT2D eigenvalue weighted by Gasteiger charge is -2.19. The average molecular weight is 284 g/mol. The summed E-state index contributed by atoms with van der Waals surface area (Å²) in [6.07, 6.45) is 0.428. The Bertz CT molecular complexity index is 658. The molecule has 0 spiro atoms. The van der Waals surface area contributed by atoms with Gasteiger partial charge in [-0.15, -0.1) is 0 Å². The Morgan fingerprint density at radius 3 is 2.14 bits per heavy atom. The Morgan fingerprint density at radius 1 is 1.14 bits per heavy atom. The molecule has 0 aliphatic rings. The van der Waals surface area contributed by atoms with Crippen LogP contribution in [0.1, 0.15) is 53.6 Å². The molecular formula is C18H24N2O. The van der Waals surface area contributed by atoms with E-state index in [0.29, 0.717) is 6.42 Å². The van der Waals surface area contributed by atoms with Crippen LogP contribution in [0.25, 0.3) is 0 Å². The van der Waals surface area contributed by atoms with E-state index >= 15 is 0 Å². The number of hydrogen-bond acceptors (Lipinski definition) is 2. The molecule has 0 saturated carbocycles. The Morgan fingerprint density at radius 2 is 1.71 bits per heavy atom. The highest BCUT2D eigenvalue weighted by Gasteiger charge is 2.18. The van der Waals surface area contributed by atoms with Gasteiger partial charge in [-0.3, -0.25) is 9.48 Å². The SMILES string of the molecule is Cc1nn(C)c(C)c1C(=O)Cc1ccc(C(C)(C)C)cc1. The number of benzene rings is 1. The van der Waals surface area contributed by atoms with Crippen molar-refractivity contribution in [1.29, 1.82) is 0 Å². The van der Waals surface area contributed by atoms with Crippen LogP contribution in [0.5, 0.6) is 0 Å². The molecule has 0 bridgehead atoms. The van der Waals surface area contributed by atoms with E-state index in [0.717, 1.165) is 22.5 Å². The fraction of sp³-hybridized carbons (Fsp3) is 0.444. The highest BCUT2D eigenvalue weighted by atomic mass is 16.1. The summed E-state index contributed by atoms with van der Waals surface area (Å²) in [5, 5.41) is 4.32. The third-order valence-corrected chi connectivity index (χ3v) is 3.97. The highest BCUT2D eigenvalue weighted by molar-refractivity contribution is 5.99. The molecule has 0 unspecified atom stereocenters. The van der Waals surface area contributed by atoms with E-state index in [1.165, 1.54) is 5.56 Å².